The second-order valence-corrected chi connectivity index (χ2v) is 7.76. The van der Waals surface area contributed by atoms with Crippen LogP contribution in [0.25, 0.3) is 0 Å². The van der Waals surface area contributed by atoms with E-state index in [1.165, 1.54) is 18.2 Å². The number of nitrogens with zero attached hydrogens (tertiary/aromatic N) is 2. The molecular weight excluding hydrogens is 446 g/mol. The van der Waals surface area contributed by atoms with Gasteiger partial charge in [-0.1, -0.05) is 13.8 Å². The summed E-state index contributed by atoms with van der Waals surface area (Å²) in [4.78, 5) is 54.5. The Morgan fingerprint density at radius 2 is 2.03 bits per heavy atom. The van der Waals surface area contributed by atoms with Gasteiger partial charge in [-0.3, -0.25) is 9.59 Å². The van der Waals surface area contributed by atoms with Gasteiger partial charge in [0, 0.05) is 18.3 Å². The molecule has 0 bridgehead atoms. The van der Waals surface area contributed by atoms with Gasteiger partial charge in [-0.2, -0.15) is 0 Å². The molecule has 1 aromatic heterocycles. The molecule has 0 spiro atoms. The average molecular weight is 470 g/mol. The lowest BCUT2D eigenvalue weighted by molar-refractivity contribution is -0.153. The molecule has 1 aliphatic heterocycles. The quantitative estimate of drug-likeness (QED) is 0.368. The van der Waals surface area contributed by atoms with E-state index in [9.17, 15) is 19.2 Å². The van der Waals surface area contributed by atoms with Crippen molar-refractivity contribution in [2.24, 2.45) is 5.92 Å². The first-order chi connectivity index (χ1) is 13.7. The van der Waals surface area contributed by atoms with Crippen molar-refractivity contribution >= 4 is 39.7 Å². The topological polar surface area (TPSA) is 115 Å². The molecule has 0 radical (unpaired) electrons. The van der Waals surface area contributed by atoms with Crippen LogP contribution in [0.2, 0.25) is 0 Å². The molecule has 9 nitrogen and oxygen atoms in total. The third-order valence-corrected chi connectivity index (χ3v) is 5.06. The SMILES string of the molecule is COC(=O)N[C@H](C(=O)N1CCCC1C(=O)OCC(=O)c1ccc(Br)nc1)C(C)C. The Morgan fingerprint density at radius 3 is 2.62 bits per heavy atom. The Kier molecular flexibility index (Phi) is 8.12. The Hall–Kier alpha value is -2.49. The van der Waals surface area contributed by atoms with Crippen LogP contribution in [0.5, 0.6) is 0 Å². The number of aromatic nitrogens is 1. The number of halogens is 1. The molecule has 1 N–H and O–H groups in total. The molecule has 1 aliphatic rings. The van der Waals surface area contributed by atoms with Gasteiger partial charge < -0.3 is 19.7 Å². The number of carbonyl (C=O) groups is 4. The fraction of sp³-hybridized carbons (Fsp3) is 0.526. The number of Topliss-reactive ketones (excluding diaryl/α,β-unsaturated/α-hetero) is 1. The monoisotopic (exact) mass is 469 g/mol. The maximum absolute atomic E-state index is 12.9. The summed E-state index contributed by atoms with van der Waals surface area (Å²) in [6, 6.07) is 1.57. The highest BCUT2D eigenvalue weighted by atomic mass is 79.9. The van der Waals surface area contributed by atoms with E-state index in [0.717, 1.165) is 0 Å². The smallest absolute Gasteiger partial charge is 0.407 e. The number of methoxy groups -OCH3 is 1. The van der Waals surface area contributed by atoms with Crippen molar-refractivity contribution in [3.05, 3.63) is 28.5 Å². The Morgan fingerprint density at radius 1 is 1.31 bits per heavy atom. The third kappa shape index (κ3) is 5.99. The molecular formula is C19H24BrN3O6. The molecule has 1 unspecified atom stereocenters. The largest absolute Gasteiger partial charge is 0.456 e. The van der Waals surface area contributed by atoms with Crippen molar-refractivity contribution < 1.29 is 28.7 Å². The second-order valence-electron chi connectivity index (χ2n) is 6.95. The number of amides is 2. The van der Waals surface area contributed by atoms with E-state index in [0.29, 0.717) is 29.6 Å². The van der Waals surface area contributed by atoms with E-state index in [1.54, 1.807) is 26.0 Å². The van der Waals surface area contributed by atoms with E-state index in [4.69, 9.17) is 4.74 Å². The Balaban J connectivity index is 2.00. The molecule has 0 aliphatic carbocycles. The predicted molar refractivity (Wildman–Crippen MR) is 106 cm³/mol. The van der Waals surface area contributed by atoms with E-state index in [1.807, 2.05) is 0 Å². The molecule has 2 rings (SSSR count). The number of ketones is 1. The molecule has 1 fully saturated rings. The molecule has 1 aromatic rings. The van der Waals surface area contributed by atoms with Crippen molar-refractivity contribution in [3.8, 4) is 0 Å². The Bertz CT molecular complexity index is 768. The summed E-state index contributed by atoms with van der Waals surface area (Å²) in [5.74, 6) is -1.62. The highest BCUT2D eigenvalue weighted by molar-refractivity contribution is 9.10. The molecule has 29 heavy (non-hydrogen) atoms. The van der Waals surface area contributed by atoms with Crippen LogP contribution in [0, 0.1) is 5.92 Å². The molecule has 1 saturated heterocycles. The van der Waals surface area contributed by atoms with E-state index < -0.39 is 30.8 Å². The number of pyridine rings is 1. The lowest BCUT2D eigenvalue weighted by Crippen LogP contribution is -2.54. The van der Waals surface area contributed by atoms with Crippen molar-refractivity contribution in [2.75, 3.05) is 20.3 Å². The first-order valence-electron chi connectivity index (χ1n) is 9.21. The van der Waals surface area contributed by atoms with Gasteiger partial charge in [-0.15, -0.1) is 0 Å². The summed E-state index contributed by atoms with van der Waals surface area (Å²) in [5, 5.41) is 2.51. The predicted octanol–water partition coefficient (Wildman–Crippen LogP) is 1.94. The van der Waals surface area contributed by atoms with Crippen LogP contribution in [-0.2, 0) is 19.1 Å². The van der Waals surface area contributed by atoms with Crippen molar-refractivity contribution in [1.82, 2.24) is 15.2 Å². The van der Waals surface area contributed by atoms with Gasteiger partial charge in [0.1, 0.15) is 16.7 Å². The zero-order valence-corrected chi connectivity index (χ0v) is 18.1. The van der Waals surface area contributed by atoms with Gasteiger partial charge in [0.2, 0.25) is 11.7 Å². The van der Waals surface area contributed by atoms with Crippen LogP contribution >= 0.6 is 15.9 Å². The number of hydrogen-bond acceptors (Lipinski definition) is 7. The molecule has 2 atom stereocenters. The van der Waals surface area contributed by atoms with Gasteiger partial charge in [0.05, 0.1) is 7.11 Å². The van der Waals surface area contributed by atoms with Gasteiger partial charge in [-0.05, 0) is 46.8 Å². The van der Waals surface area contributed by atoms with Crippen LogP contribution in [0.4, 0.5) is 4.79 Å². The summed E-state index contributed by atoms with van der Waals surface area (Å²) in [5.41, 5.74) is 0.322. The molecule has 2 heterocycles. The Labute approximate surface area is 177 Å². The molecule has 2 amide bonds. The van der Waals surface area contributed by atoms with E-state index in [2.05, 4.69) is 31.0 Å². The minimum absolute atomic E-state index is 0.203. The standard InChI is InChI=1S/C19H24BrN3O6/c1-11(2)16(22-19(27)28-3)17(25)23-8-4-5-13(23)18(26)29-10-14(24)12-6-7-15(20)21-9-12/h6-7,9,11,13,16H,4-5,8,10H2,1-3H3,(H,22,27)/t13?,16-/m0/s1. The van der Waals surface area contributed by atoms with Crippen LogP contribution in [0.1, 0.15) is 37.0 Å². The highest BCUT2D eigenvalue weighted by Gasteiger charge is 2.39. The number of esters is 1. The van der Waals surface area contributed by atoms with Crippen LogP contribution in [-0.4, -0.2) is 66.0 Å². The minimum atomic E-state index is -0.827. The summed E-state index contributed by atoms with van der Waals surface area (Å²) in [7, 11) is 1.21. The maximum Gasteiger partial charge on any atom is 0.407 e. The number of nitrogens with one attached hydrogen (secondary N) is 1. The zero-order chi connectivity index (χ0) is 21.6. The number of alkyl carbamates (subject to hydrolysis) is 1. The van der Waals surface area contributed by atoms with Gasteiger partial charge >= 0.3 is 12.1 Å². The number of likely N-dealkylation sites (tertiary alicyclic amines) is 1. The summed E-state index contributed by atoms with van der Waals surface area (Å²) >= 11 is 3.18. The molecule has 0 saturated carbocycles. The lowest BCUT2D eigenvalue weighted by atomic mass is 10.0. The minimum Gasteiger partial charge on any atom is -0.456 e. The van der Waals surface area contributed by atoms with Gasteiger partial charge in [0.25, 0.3) is 0 Å². The number of carbonyl (C=O) groups excluding carboxylic acids is 4. The lowest BCUT2D eigenvalue weighted by Gasteiger charge is -2.29. The van der Waals surface area contributed by atoms with Crippen LogP contribution < -0.4 is 5.32 Å². The normalized spacial score (nSPS) is 17.0. The molecule has 0 aromatic carbocycles. The van der Waals surface area contributed by atoms with Crippen LogP contribution in [0.15, 0.2) is 22.9 Å². The number of rotatable bonds is 7. The van der Waals surface area contributed by atoms with Crippen molar-refractivity contribution in [3.63, 3.8) is 0 Å². The van der Waals surface area contributed by atoms with Gasteiger partial charge in [-0.25, -0.2) is 14.6 Å². The fourth-order valence-electron chi connectivity index (χ4n) is 3.01. The number of ether oxygens (including phenoxy) is 2. The van der Waals surface area contributed by atoms with E-state index >= 15 is 0 Å². The number of hydrogen-bond donors (Lipinski definition) is 1. The molecule has 10 heteroatoms. The summed E-state index contributed by atoms with van der Waals surface area (Å²) in [6.45, 7) is 3.50. The van der Waals surface area contributed by atoms with Gasteiger partial charge in [0.15, 0.2) is 6.61 Å². The van der Waals surface area contributed by atoms with E-state index in [-0.39, 0.29) is 17.6 Å². The zero-order valence-electron chi connectivity index (χ0n) is 16.5. The highest BCUT2D eigenvalue weighted by Crippen LogP contribution is 2.21. The third-order valence-electron chi connectivity index (χ3n) is 4.59. The fourth-order valence-corrected chi connectivity index (χ4v) is 3.25. The summed E-state index contributed by atoms with van der Waals surface area (Å²) in [6.07, 6.45) is 1.72. The first kappa shape index (κ1) is 22.8. The summed E-state index contributed by atoms with van der Waals surface area (Å²) < 4.78 is 10.3. The average Bonchev–Trinajstić information content (AvgIpc) is 3.19. The molecule has 158 valence electrons. The maximum atomic E-state index is 12.9. The van der Waals surface area contributed by atoms with Crippen molar-refractivity contribution in [1.29, 1.82) is 0 Å². The second kappa shape index (κ2) is 10.3. The first-order valence-corrected chi connectivity index (χ1v) is 10.00. The van der Waals surface area contributed by atoms with Crippen LogP contribution in [0.3, 0.4) is 0 Å². The van der Waals surface area contributed by atoms with Crippen molar-refractivity contribution in [2.45, 2.75) is 38.8 Å².